The summed E-state index contributed by atoms with van der Waals surface area (Å²) in [6.07, 6.45) is 2.35. The van der Waals surface area contributed by atoms with Gasteiger partial charge in [-0.15, -0.1) is 0 Å². The second kappa shape index (κ2) is 7.97. The molecule has 3 aromatic rings. The lowest BCUT2D eigenvalue weighted by molar-refractivity contribution is -0.135. The Labute approximate surface area is 160 Å². The van der Waals surface area contributed by atoms with Crippen molar-refractivity contribution in [2.24, 2.45) is 5.73 Å². The van der Waals surface area contributed by atoms with E-state index in [2.05, 4.69) is 32.7 Å². The molecular weight excluding hydrogens is 336 g/mol. The molecule has 0 saturated heterocycles. The zero-order valence-electron chi connectivity index (χ0n) is 16.5. The maximum Gasteiger partial charge on any atom is 0.328 e. The monoisotopic (exact) mass is 364 g/mol. The van der Waals surface area contributed by atoms with Crippen molar-refractivity contribution in [3.05, 3.63) is 65.4 Å². The molecule has 4 heteroatoms. The molecule has 0 spiro atoms. The number of rotatable bonds is 6. The molecule has 4 nitrogen and oxygen atoms in total. The van der Waals surface area contributed by atoms with Gasteiger partial charge in [0.1, 0.15) is 11.8 Å². The summed E-state index contributed by atoms with van der Waals surface area (Å²) in [5.74, 6) is 0.796. The normalized spacial score (nSPS) is 12.7. The van der Waals surface area contributed by atoms with E-state index >= 15 is 0 Å². The van der Waals surface area contributed by atoms with Crippen LogP contribution >= 0.6 is 0 Å². The summed E-state index contributed by atoms with van der Waals surface area (Å²) in [5.41, 5.74) is 10.3. The van der Waals surface area contributed by atoms with Crippen LogP contribution in [0.2, 0.25) is 0 Å². The minimum atomic E-state index is -0.718. The first-order valence-corrected chi connectivity index (χ1v) is 9.53. The van der Waals surface area contributed by atoms with Gasteiger partial charge in [0.05, 0.1) is 0 Å². The molecule has 2 aromatic carbocycles. The summed E-state index contributed by atoms with van der Waals surface area (Å²) in [6.45, 7) is 8.40. The van der Waals surface area contributed by atoms with E-state index < -0.39 is 12.0 Å². The molecular formula is C23H28N2O2. The molecule has 0 saturated carbocycles. The zero-order valence-corrected chi connectivity index (χ0v) is 16.5. The molecule has 142 valence electrons. The number of H-pyrrole nitrogens is 1. The van der Waals surface area contributed by atoms with Gasteiger partial charge in [-0.25, -0.2) is 4.79 Å². The van der Waals surface area contributed by atoms with E-state index in [4.69, 9.17) is 10.5 Å². The highest BCUT2D eigenvalue weighted by molar-refractivity contribution is 5.85. The molecule has 1 heterocycles. The van der Waals surface area contributed by atoms with Gasteiger partial charge in [0.2, 0.25) is 0 Å². The largest absolute Gasteiger partial charge is 0.425 e. The Hall–Kier alpha value is -2.59. The molecule has 0 amide bonds. The number of esters is 1. The first-order valence-electron chi connectivity index (χ1n) is 9.53. The topological polar surface area (TPSA) is 68.1 Å². The Balaban J connectivity index is 1.83. The van der Waals surface area contributed by atoms with Crippen LogP contribution in [0.3, 0.4) is 0 Å². The second-order valence-corrected chi connectivity index (χ2v) is 7.67. The van der Waals surface area contributed by atoms with Gasteiger partial charge in [-0.2, -0.15) is 0 Å². The fourth-order valence-electron chi connectivity index (χ4n) is 3.40. The van der Waals surface area contributed by atoms with Crippen molar-refractivity contribution in [3.63, 3.8) is 0 Å². The number of carbonyl (C=O) groups is 1. The molecule has 3 rings (SSSR count). The minimum absolute atomic E-state index is 0.261. The summed E-state index contributed by atoms with van der Waals surface area (Å²) in [4.78, 5) is 16.0. The molecule has 0 aliphatic heterocycles. The van der Waals surface area contributed by atoms with Crippen molar-refractivity contribution >= 4 is 16.9 Å². The Morgan fingerprint density at radius 3 is 2.26 bits per heavy atom. The summed E-state index contributed by atoms with van der Waals surface area (Å²) in [5, 5.41) is 1.09. The average molecular weight is 364 g/mol. The number of aromatic nitrogens is 1. The van der Waals surface area contributed by atoms with Gasteiger partial charge in [-0.3, -0.25) is 0 Å². The fraction of sp³-hybridized carbons (Fsp3) is 0.348. The third-order valence-electron chi connectivity index (χ3n) is 4.94. The molecule has 0 bridgehead atoms. The third kappa shape index (κ3) is 4.06. The standard InChI is InChI=1S/C23H28N2O2/c1-14(2)17-9-7-10-18(15(3)4)22(17)27-23(26)20(24)12-16-13-25-21-11-6-5-8-19(16)21/h5-11,13-15,20,25H,12,24H2,1-4H3. The van der Waals surface area contributed by atoms with Gasteiger partial charge in [0, 0.05) is 23.5 Å². The van der Waals surface area contributed by atoms with Crippen LogP contribution in [0.4, 0.5) is 0 Å². The first kappa shape index (κ1) is 19.2. The van der Waals surface area contributed by atoms with Crippen LogP contribution in [0.15, 0.2) is 48.7 Å². The van der Waals surface area contributed by atoms with Crippen LogP contribution in [0.25, 0.3) is 10.9 Å². The Kier molecular flexibility index (Phi) is 5.66. The lowest BCUT2D eigenvalue weighted by Gasteiger charge is -2.20. The third-order valence-corrected chi connectivity index (χ3v) is 4.94. The van der Waals surface area contributed by atoms with Crippen LogP contribution in [-0.2, 0) is 11.2 Å². The second-order valence-electron chi connectivity index (χ2n) is 7.67. The molecule has 27 heavy (non-hydrogen) atoms. The van der Waals surface area contributed by atoms with Crippen molar-refractivity contribution in [2.75, 3.05) is 0 Å². The molecule has 0 aliphatic carbocycles. The zero-order chi connectivity index (χ0) is 19.6. The molecule has 1 aromatic heterocycles. The molecule has 1 unspecified atom stereocenters. The number of nitrogens with one attached hydrogen (secondary N) is 1. The number of aromatic amines is 1. The van der Waals surface area contributed by atoms with Crippen LogP contribution in [0.1, 0.15) is 56.2 Å². The molecule has 1 atom stereocenters. The van der Waals surface area contributed by atoms with E-state index in [-0.39, 0.29) is 11.8 Å². The van der Waals surface area contributed by atoms with Crippen LogP contribution in [-0.4, -0.2) is 17.0 Å². The highest BCUT2D eigenvalue weighted by Gasteiger charge is 2.23. The van der Waals surface area contributed by atoms with E-state index in [1.54, 1.807) is 0 Å². The Morgan fingerprint density at radius 1 is 1.00 bits per heavy atom. The first-order chi connectivity index (χ1) is 12.9. The maximum atomic E-state index is 12.8. The van der Waals surface area contributed by atoms with Gasteiger partial charge in [0.25, 0.3) is 0 Å². The summed E-state index contributed by atoms with van der Waals surface area (Å²) in [6, 6.07) is 13.3. The quantitative estimate of drug-likeness (QED) is 0.483. The number of nitrogens with two attached hydrogens (primary N) is 1. The fourth-order valence-corrected chi connectivity index (χ4v) is 3.40. The average Bonchev–Trinajstić information content (AvgIpc) is 3.04. The number of benzene rings is 2. The number of para-hydroxylation sites is 2. The molecule has 0 fully saturated rings. The Bertz CT molecular complexity index is 914. The molecule has 0 radical (unpaired) electrons. The predicted octanol–water partition coefficient (Wildman–Crippen LogP) is 4.89. The van der Waals surface area contributed by atoms with Crippen molar-refractivity contribution in [1.29, 1.82) is 0 Å². The van der Waals surface area contributed by atoms with Crippen LogP contribution in [0, 0.1) is 0 Å². The van der Waals surface area contributed by atoms with Crippen LogP contribution in [0.5, 0.6) is 5.75 Å². The van der Waals surface area contributed by atoms with E-state index in [1.165, 1.54) is 0 Å². The Morgan fingerprint density at radius 2 is 1.63 bits per heavy atom. The number of ether oxygens (including phenoxy) is 1. The summed E-state index contributed by atoms with van der Waals surface area (Å²) < 4.78 is 5.85. The number of carbonyl (C=O) groups excluding carboxylic acids is 1. The van der Waals surface area contributed by atoms with E-state index in [0.29, 0.717) is 12.2 Å². The van der Waals surface area contributed by atoms with E-state index in [1.807, 2.05) is 48.7 Å². The lowest BCUT2D eigenvalue weighted by Crippen LogP contribution is -2.36. The van der Waals surface area contributed by atoms with Crippen LogP contribution < -0.4 is 10.5 Å². The van der Waals surface area contributed by atoms with E-state index in [9.17, 15) is 4.79 Å². The van der Waals surface area contributed by atoms with Gasteiger partial charge in [-0.1, -0.05) is 64.1 Å². The number of hydrogen-bond donors (Lipinski definition) is 2. The highest BCUT2D eigenvalue weighted by Crippen LogP contribution is 2.34. The predicted molar refractivity (Wildman–Crippen MR) is 110 cm³/mol. The van der Waals surface area contributed by atoms with Gasteiger partial charge in [-0.05, 0) is 34.6 Å². The number of hydrogen-bond acceptors (Lipinski definition) is 3. The maximum absolute atomic E-state index is 12.8. The van der Waals surface area contributed by atoms with Gasteiger partial charge < -0.3 is 15.5 Å². The summed E-state index contributed by atoms with van der Waals surface area (Å²) in [7, 11) is 0. The number of fused-ring (bicyclic) bond motifs is 1. The van der Waals surface area contributed by atoms with Crippen molar-refractivity contribution in [1.82, 2.24) is 4.98 Å². The SMILES string of the molecule is CC(C)c1cccc(C(C)C)c1OC(=O)C(N)Cc1c[nH]c2ccccc12. The van der Waals surface area contributed by atoms with Crippen molar-refractivity contribution < 1.29 is 9.53 Å². The smallest absolute Gasteiger partial charge is 0.328 e. The lowest BCUT2D eigenvalue weighted by atomic mass is 9.94. The van der Waals surface area contributed by atoms with E-state index in [0.717, 1.165) is 27.6 Å². The highest BCUT2D eigenvalue weighted by atomic mass is 16.5. The van der Waals surface area contributed by atoms with Crippen molar-refractivity contribution in [2.45, 2.75) is 52.0 Å². The van der Waals surface area contributed by atoms with Crippen molar-refractivity contribution in [3.8, 4) is 5.75 Å². The van der Waals surface area contributed by atoms with Gasteiger partial charge >= 0.3 is 5.97 Å². The van der Waals surface area contributed by atoms with Gasteiger partial charge in [0.15, 0.2) is 0 Å². The minimum Gasteiger partial charge on any atom is -0.425 e. The molecule has 3 N–H and O–H groups in total. The molecule has 0 aliphatic rings. The summed E-state index contributed by atoms with van der Waals surface area (Å²) >= 11 is 0.